The lowest BCUT2D eigenvalue weighted by Crippen LogP contribution is -2.25. The van der Waals surface area contributed by atoms with Gasteiger partial charge in [0, 0.05) is 12.1 Å². The average molecular weight is 494 g/mol. The number of rotatable bonds is 5. The van der Waals surface area contributed by atoms with E-state index in [1.165, 1.54) is 19.3 Å². The van der Waals surface area contributed by atoms with Gasteiger partial charge in [0.25, 0.3) is 0 Å². The van der Waals surface area contributed by atoms with Crippen LogP contribution in [-0.4, -0.2) is 0 Å². The molecule has 0 amide bonds. The first-order valence-corrected chi connectivity index (χ1v) is 11.4. The summed E-state index contributed by atoms with van der Waals surface area (Å²) in [6, 6.07) is 9.03. The molecule has 2 aliphatic rings. The molecule has 0 radical (unpaired) electrons. The quantitative estimate of drug-likeness (QED) is 0.255. The highest BCUT2D eigenvalue weighted by atomic mass is 19.3. The first-order valence-electron chi connectivity index (χ1n) is 11.4. The highest BCUT2D eigenvalue weighted by Crippen LogP contribution is 2.50. The van der Waals surface area contributed by atoms with Gasteiger partial charge in [0.05, 0.1) is 0 Å². The lowest BCUT2D eigenvalue weighted by molar-refractivity contribution is -0.189. The number of ether oxygens (including phenoxy) is 1. The van der Waals surface area contributed by atoms with Crippen molar-refractivity contribution in [2.24, 2.45) is 11.8 Å². The predicted octanol–water partition coefficient (Wildman–Crippen LogP) is 8.47. The summed E-state index contributed by atoms with van der Waals surface area (Å²) < 4.78 is 102. The summed E-state index contributed by atoms with van der Waals surface area (Å²) in [5.74, 6) is -7.78. The molecule has 0 N–H and O–H groups in total. The zero-order chi connectivity index (χ0) is 24.9. The lowest BCUT2D eigenvalue weighted by Gasteiger charge is -2.20. The fourth-order valence-corrected chi connectivity index (χ4v) is 5.59. The van der Waals surface area contributed by atoms with E-state index < -0.39 is 46.5 Å². The zero-order valence-corrected chi connectivity index (χ0v) is 18.4. The number of hydrogen-bond donors (Lipinski definition) is 0. The van der Waals surface area contributed by atoms with Crippen LogP contribution < -0.4 is 4.74 Å². The van der Waals surface area contributed by atoms with Crippen LogP contribution in [0.2, 0.25) is 0 Å². The van der Waals surface area contributed by atoms with Crippen LogP contribution in [0.5, 0.6) is 5.75 Å². The van der Waals surface area contributed by atoms with Crippen LogP contribution in [0.1, 0.15) is 49.1 Å². The van der Waals surface area contributed by atoms with Gasteiger partial charge in [-0.2, -0.15) is 8.78 Å². The average Bonchev–Trinajstić information content (AvgIpc) is 3.39. The van der Waals surface area contributed by atoms with Crippen molar-refractivity contribution in [3.63, 3.8) is 0 Å². The largest absolute Gasteiger partial charge is 0.432 e. The van der Waals surface area contributed by atoms with Crippen molar-refractivity contribution in [3.8, 4) is 16.9 Å². The molecule has 2 aliphatic carbocycles. The number of hydrogen-bond acceptors (Lipinski definition) is 1. The van der Waals surface area contributed by atoms with Crippen LogP contribution in [0.15, 0.2) is 48.5 Å². The summed E-state index contributed by atoms with van der Waals surface area (Å²) >= 11 is 0. The van der Waals surface area contributed by atoms with E-state index in [1.807, 2.05) is 12.1 Å². The van der Waals surface area contributed by atoms with Gasteiger partial charge in [-0.1, -0.05) is 43.5 Å². The fraction of sp³-hybridized carbons (Fsp3) is 0.333. The van der Waals surface area contributed by atoms with Gasteiger partial charge >= 0.3 is 6.11 Å². The summed E-state index contributed by atoms with van der Waals surface area (Å²) in [6.45, 7) is 0. The van der Waals surface area contributed by atoms with Crippen LogP contribution >= 0.6 is 0 Å². The van der Waals surface area contributed by atoms with Gasteiger partial charge in [-0.3, -0.25) is 0 Å². The van der Waals surface area contributed by atoms with E-state index in [0.29, 0.717) is 11.5 Å². The highest BCUT2D eigenvalue weighted by molar-refractivity contribution is 5.64. The van der Waals surface area contributed by atoms with Gasteiger partial charge in [-0.25, -0.2) is 22.0 Å². The molecule has 35 heavy (non-hydrogen) atoms. The third-order valence-corrected chi connectivity index (χ3v) is 7.24. The van der Waals surface area contributed by atoms with Crippen LogP contribution in [0.4, 0.5) is 30.7 Å². The molecule has 2 saturated carbocycles. The first-order chi connectivity index (χ1) is 16.6. The maximum atomic E-state index is 14.7. The maximum absolute atomic E-state index is 14.7. The molecule has 5 rings (SSSR count). The van der Waals surface area contributed by atoms with Gasteiger partial charge in [-0.05, 0) is 59.4 Å². The van der Waals surface area contributed by atoms with Crippen LogP contribution in [0, 0.1) is 40.9 Å². The second kappa shape index (κ2) is 8.88. The Bertz CT molecular complexity index is 1200. The van der Waals surface area contributed by atoms with Gasteiger partial charge in [0.2, 0.25) is 0 Å². The molecule has 0 aromatic heterocycles. The molecule has 3 aromatic rings. The number of fused-ring (bicyclic) bond motifs is 1. The Labute approximate surface area is 197 Å². The third kappa shape index (κ3) is 4.50. The maximum Gasteiger partial charge on any atom is 0.432 e. The van der Waals surface area contributed by atoms with Crippen molar-refractivity contribution in [1.82, 2.24) is 0 Å². The van der Waals surface area contributed by atoms with Crippen molar-refractivity contribution in [3.05, 3.63) is 88.7 Å². The van der Waals surface area contributed by atoms with E-state index in [9.17, 15) is 30.7 Å². The Hall–Kier alpha value is -3.03. The second-order valence-electron chi connectivity index (χ2n) is 9.38. The van der Waals surface area contributed by atoms with E-state index in [4.69, 9.17) is 0 Å². The third-order valence-electron chi connectivity index (χ3n) is 7.24. The Morgan fingerprint density at radius 3 is 1.77 bits per heavy atom. The van der Waals surface area contributed by atoms with E-state index in [2.05, 4.69) is 4.74 Å². The SMILES string of the molecule is Fc1cc(OC(F)(F)c2c(F)cc(-c3ccc(C4CC5CCCC5C4)cc3)cc2F)cc(F)c1F. The molecule has 184 valence electrons. The van der Waals surface area contributed by atoms with Crippen molar-refractivity contribution >= 4 is 0 Å². The Kier molecular flexibility index (Phi) is 6.01. The van der Waals surface area contributed by atoms with Gasteiger partial charge in [0.1, 0.15) is 22.9 Å². The van der Waals surface area contributed by atoms with Gasteiger partial charge in [0.15, 0.2) is 17.5 Å². The molecular formula is C27H21F7O. The lowest BCUT2D eigenvalue weighted by atomic mass is 9.92. The number of alkyl halides is 2. The van der Waals surface area contributed by atoms with Crippen LogP contribution in [0.25, 0.3) is 11.1 Å². The number of halogens is 7. The molecule has 2 unspecified atom stereocenters. The van der Waals surface area contributed by atoms with Gasteiger partial charge < -0.3 is 4.74 Å². The molecular weight excluding hydrogens is 473 g/mol. The van der Waals surface area contributed by atoms with Crippen molar-refractivity contribution in [2.75, 3.05) is 0 Å². The Morgan fingerprint density at radius 2 is 1.23 bits per heavy atom. The van der Waals surface area contributed by atoms with Crippen LogP contribution in [-0.2, 0) is 6.11 Å². The summed E-state index contributed by atoms with van der Waals surface area (Å²) in [7, 11) is 0. The molecule has 8 heteroatoms. The summed E-state index contributed by atoms with van der Waals surface area (Å²) in [5, 5.41) is 0. The molecule has 0 spiro atoms. The van der Waals surface area contributed by atoms with Crippen LogP contribution in [0.3, 0.4) is 0 Å². The molecule has 3 aromatic carbocycles. The topological polar surface area (TPSA) is 9.23 Å². The van der Waals surface area contributed by atoms with Crippen molar-refractivity contribution in [1.29, 1.82) is 0 Å². The van der Waals surface area contributed by atoms with E-state index in [1.54, 1.807) is 12.1 Å². The van der Waals surface area contributed by atoms with Crippen molar-refractivity contribution < 1.29 is 35.5 Å². The molecule has 0 bridgehead atoms. The normalized spacial score (nSPS) is 21.9. The summed E-state index contributed by atoms with van der Waals surface area (Å²) in [6.07, 6.45) is 1.48. The summed E-state index contributed by atoms with van der Waals surface area (Å²) in [4.78, 5) is 0. The fourth-order valence-electron chi connectivity index (χ4n) is 5.59. The van der Waals surface area contributed by atoms with Crippen molar-refractivity contribution in [2.45, 2.75) is 44.1 Å². The zero-order valence-electron chi connectivity index (χ0n) is 18.4. The highest BCUT2D eigenvalue weighted by Gasteiger charge is 2.42. The number of benzene rings is 3. The van der Waals surface area contributed by atoms with E-state index in [0.717, 1.165) is 42.4 Å². The standard InChI is InChI=1S/C27H21F7O/c28-21-10-19(15-6-4-14(5-7-15)18-8-16-2-1-3-17(16)9-18)11-22(29)25(21)27(33,34)35-20-12-23(30)26(32)24(31)13-20/h4-7,10-13,16-18H,1-3,8-9H2. The molecule has 0 heterocycles. The molecule has 0 saturated heterocycles. The molecule has 0 aliphatic heterocycles. The first kappa shape index (κ1) is 23.7. The second-order valence-corrected chi connectivity index (χ2v) is 9.38. The Balaban J connectivity index is 1.37. The van der Waals surface area contributed by atoms with Gasteiger partial charge in [-0.15, -0.1) is 0 Å². The smallest absolute Gasteiger partial charge is 0.429 e. The monoisotopic (exact) mass is 494 g/mol. The van der Waals surface area contributed by atoms with E-state index in [-0.39, 0.29) is 17.7 Å². The minimum atomic E-state index is -4.62. The minimum absolute atomic E-state index is 0.0493. The minimum Gasteiger partial charge on any atom is -0.429 e. The Morgan fingerprint density at radius 1 is 0.686 bits per heavy atom. The molecule has 2 fully saturated rings. The predicted molar refractivity (Wildman–Crippen MR) is 115 cm³/mol. The molecule has 2 atom stereocenters. The summed E-state index contributed by atoms with van der Waals surface area (Å²) in [5.41, 5.74) is -0.0728. The molecule has 1 nitrogen and oxygen atoms in total. The van der Waals surface area contributed by atoms with E-state index >= 15 is 0 Å².